The van der Waals surface area contributed by atoms with E-state index in [1.807, 2.05) is 19.1 Å². The number of benzene rings is 2. The van der Waals surface area contributed by atoms with Crippen LogP contribution >= 0.6 is 11.8 Å². The van der Waals surface area contributed by atoms with E-state index in [9.17, 15) is 9.18 Å². The van der Waals surface area contributed by atoms with Gasteiger partial charge in [-0.1, -0.05) is 11.8 Å². The van der Waals surface area contributed by atoms with Crippen LogP contribution in [0.4, 0.5) is 4.39 Å². The molecule has 0 aliphatic rings. The Balaban J connectivity index is 1.47. The van der Waals surface area contributed by atoms with E-state index >= 15 is 0 Å². The Kier molecular flexibility index (Phi) is 6.74. The molecule has 1 atom stereocenters. The fraction of sp³-hybridized carbons (Fsp3) is 0.217. The third-order valence-corrected chi connectivity index (χ3v) is 6.03. The van der Waals surface area contributed by atoms with E-state index in [4.69, 9.17) is 9.47 Å². The van der Waals surface area contributed by atoms with Crippen LogP contribution in [-0.4, -0.2) is 45.6 Å². The van der Waals surface area contributed by atoms with E-state index in [0.717, 1.165) is 5.56 Å². The summed E-state index contributed by atoms with van der Waals surface area (Å²) in [5, 5.41) is 8.69. The molecule has 0 saturated heterocycles. The first-order valence-electron chi connectivity index (χ1n) is 10.1. The SMILES string of the molecule is COc1ccc(OC)c(C(C)NC(=O)CSc2ncnc3c2cnn3-c2ccc(F)cc2)c1. The summed E-state index contributed by atoms with van der Waals surface area (Å²) in [5.74, 6) is 1.03. The minimum absolute atomic E-state index is 0.157. The van der Waals surface area contributed by atoms with E-state index in [1.54, 1.807) is 43.3 Å². The highest BCUT2D eigenvalue weighted by Gasteiger charge is 2.17. The van der Waals surface area contributed by atoms with Crippen LogP contribution in [0, 0.1) is 5.82 Å². The molecular weight excluding hydrogens is 445 g/mol. The maximum atomic E-state index is 13.3. The third-order valence-electron chi connectivity index (χ3n) is 5.02. The summed E-state index contributed by atoms with van der Waals surface area (Å²) >= 11 is 1.29. The summed E-state index contributed by atoms with van der Waals surface area (Å²) in [4.78, 5) is 21.3. The van der Waals surface area contributed by atoms with Gasteiger partial charge in [-0.2, -0.15) is 5.10 Å². The Bertz CT molecular complexity index is 1280. The fourth-order valence-electron chi connectivity index (χ4n) is 3.38. The highest BCUT2D eigenvalue weighted by Crippen LogP contribution is 2.30. The van der Waals surface area contributed by atoms with Crippen molar-refractivity contribution in [2.75, 3.05) is 20.0 Å². The van der Waals surface area contributed by atoms with Crippen LogP contribution in [0.15, 0.2) is 60.0 Å². The van der Waals surface area contributed by atoms with Gasteiger partial charge in [0.2, 0.25) is 5.91 Å². The van der Waals surface area contributed by atoms with Gasteiger partial charge in [-0.25, -0.2) is 19.0 Å². The van der Waals surface area contributed by atoms with Crippen LogP contribution in [0.5, 0.6) is 11.5 Å². The zero-order valence-corrected chi connectivity index (χ0v) is 19.1. The van der Waals surface area contributed by atoms with Gasteiger partial charge in [-0.15, -0.1) is 0 Å². The molecule has 10 heteroatoms. The molecule has 4 aromatic rings. The lowest BCUT2D eigenvalue weighted by atomic mass is 10.1. The number of fused-ring (bicyclic) bond motifs is 1. The van der Waals surface area contributed by atoms with Crippen molar-refractivity contribution in [3.05, 3.63) is 66.4 Å². The zero-order chi connectivity index (χ0) is 23.4. The van der Waals surface area contributed by atoms with Gasteiger partial charge in [0.25, 0.3) is 0 Å². The number of halogens is 1. The lowest BCUT2D eigenvalue weighted by molar-refractivity contribution is -0.119. The lowest BCUT2D eigenvalue weighted by Crippen LogP contribution is -2.28. The molecule has 1 amide bonds. The second-order valence-electron chi connectivity index (χ2n) is 7.13. The summed E-state index contributed by atoms with van der Waals surface area (Å²) in [6.07, 6.45) is 3.07. The Morgan fingerprint density at radius 3 is 2.67 bits per heavy atom. The van der Waals surface area contributed by atoms with Crippen molar-refractivity contribution in [3.8, 4) is 17.2 Å². The highest BCUT2D eigenvalue weighted by molar-refractivity contribution is 8.00. The molecule has 0 bridgehead atoms. The molecule has 0 spiro atoms. The Labute approximate surface area is 194 Å². The zero-order valence-electron chi connectivity index (χ0n) is 18.3. The van der Waals surface area contributed by atoms with Gasteiger partial charge in [0.15, 0.2) is 5.65 Å². The predicted octanol–water partition coefficient (Wildman–Crippen LogP) is 3.94. The molecule has 0 fully saturated rings. The minimum atomic E-state index is -0.326. The van der Waals surface area contributed by atoms with Crippen LogP contribution in [0.3, 0.4) is 0 Å². The van der Waals surface area contributed by atoms with Crippen LogP contribution in [-0.2, 0) is 4.79 Å². The predicted molar refractivity (Wildman–Crippen MR) is 123 cm³/mol. The molecule has 0 aliphatic carbocycles. The normalized spacial score (nSPS) is 11.9. The van der Waals surface area contributed by atoms with Crippen molar-refractivity contribution < 1.29 is 18.7 Å². The molecule has 170 valence electrons. The summed E-state index contributed by atoms with van der Waals surface area (Å²) in [7, 11) is 3.17. The summed E-state index contributed by atoms with van der Waals surface area (Å²) < 4.78 is 25.6. The number of amides is 1. The second kappa shape index (κ2) is 9.86. The largest absolute Gasteiger partial charge is 0.497 e. The van der Waals surface area contributed by atoms with Crippen molar-refractivity contribution in [2.24, 2.45) is 0 Å². The van der Waals surface area contributed by atoms with E-state index in [2.05, 4.69) is 20.4 Å². The average Bonchev–Trinajstić information content (AvgIpc) is 3.27. The van der Waals surface area contributed by atoms with E-state index in [1.165, 1.54) is 30.2 Å². The molecular formula is C23H22FN5O3S. The average molecular weight is 468 g/mol. The number of nitrogens with zero attached hydrogens (tertiary/aromatic N) is 4. The second-order valence-corrected chi connectivity index (χ2v) is 8.10. The van der Waals surface area contributed by atoms with Crippen molar-refractivity contribution in [1.29, 1.82) is 0 Å². The maximum Gasteiger partial charge on any atom is 0.230 e. The monoisotopic (exact) mass is 467 g/mol. The molecule has 33 heavy (non-hydrogen) atoms. The maximum absolute atomic E-state index is 13.3. The number of rotatable bonds is 8. The van der Waals surface area contributed by atoms with Gasteiger partial charge >= 0.3 is 0 Å². The molecule has 2 aromatic carbocycles. The first kappa shape index (κ1) is 22.5. The fourth-order valence-corrected chi connectivity index (χ4v) is 4.15. The van der Waals surface area contributed by atoms with Gasteiger partial charge < -0.3 is 14.8 Å². The molecule has 2 heterocycles. The smallest absolute Gasteiger partial charge is 0.230 e. The van der Waals surface area contributed by atoms with Crippen LogP contribution < -0.4 is 14.8 Å². The number of carbonyl (C=O) groups is 1. The highest BCUT2D eigenvalue weighted by atomic mass is 32.2. The molecule has 0 saturated carbocycles. The topological polar surface area (TPSA) is 91.2 Å². The summed E-state index contributed by atoms with van der Waals surface area (Å²) in [6, 6.07) is 11.1. The number of hydrogen-bond acceptors (Lipinski definition) is 7. The van der Waals surface area contributed by atoms with Gasteiger partial charge in [0.05, 0.1) is 43.3 Å². The van der Waals surface area contributed by atoms with E-state index < -0.39 is 0 Å². The lowest BCUT2D eigenvalue weighted by Gasteiger charge is -2.18. The Hall–Kier alpha value is -3.66. The summed E-state index contributed by atoms with van der Waals surface area (Å²) in [6.45, 7) is 1.88. The molecule has 1 unspecified atom stereocenters. The van der Waals surface area contributed by atoms with Crippen LogP contribution in [0.1, 0.15) is 18.5 Å². The van der Waals surface area contributed by atoms with Crippen molar-refractivity contribution in [2.45, 2.75) is 18.0 Å². The van der Waals surface area contributed by atoms with Crippen LogP contribution in [0.2, 0.25) is 0 Å². The first-order chi connectivity index (χ1) is 16.0. The molecule has 0 radical (unpaired) electrons. The number of nitrogens with one attached hydrogen (secondary N) is 1. The Morgan fingerprint density at radius 2 is 1.94 bits per heavy atom. The van der Waals surface area contributed by atoms with Crippen molar-refractivity contribution in [3.63, 3.8) is 0 Å². The van der Waals surface area contributed by atoms with E-state index in [0.29, 0.717) is 33.2 Å². The number of ether oxygens (including phenoxy) is 2. The number of methoxy groups -OCH3 is 2. The number of carbonyl (C=O) groups excluding carboxylic acids is 1. The molecule has 8 nitrogen and oxygen atoms in total. The minimum Gasteiger partial charge on any atom is -0.497 e. The van der Waals surface area contributed by atoms with Crippen molar-refractivity contribution >= 4 is 28.7 Å². The van der Waals surface area contributed by atoms with Gasteiger partial charge in [-0.05, 0) is 49.4 Å². The number of aromatic nitrogens is 4. The standard InChI is InChI=1S/C23H22FN5O3S/c1-14(18-10-17(31-2)8-9-20(18)32-3)28-21(30)12-33-23-19-11-27-29(22(19)25-13-26-23)16-6-4-15(24)5-7-16/h4-11,13-14H,12H2,1-3H3,(H,28,30). The van der Waals surface area contributed by atoms with Gasteiger partial charge in [0.1, 0.15) is 28.7 Å². The summed E-state index contributed by atoms with van der Waals surface area (Å²) in [5.41, 5.74) is 2.08. The molecule has 2 aromatic heterocycles. The quantitative estimate of drug-likeness (QED) is 0.310. The number of hydrogen-bond donors (Lipinski definition) is 1. The van der Waals surface area contributed by atoms with E-state index in [-0.39, 0.29) is 23.5 Å². The molecule has 4 rings (SSSR count). The van der Waals surface area contributed by atoms with Gasteiger partial charge in [0, 0.05) is 5.56 Å². The van der Waals surface area contributed by atoms with Crippen LogP contribution in [0.25, 0.3) is 16.7 Å². The third kappa shape index (κ3) is 4.90. The first-order valence-corrected chi connectivity index (χ1v) is 11.1. The Morgan fingerprint density at radius 1 is 1.15 bits per heavy atom. The number of thioether (sulfide) groups is 1. The molecule has 1 N–H and O–H groups in total. The molecule has 0 aliphatic heterocycles. The van der Waals surface area contributed by atoms with Crippen molar-refractivity contribution in [1.82, 2.24) is 25.1 Å². The van der Waals surface area contributed by atoms with Gasteiger partial charge in [-0.3, -0.25) is 4.79 Å².